The number of rotatable bonds is 5. The van der Waals surface area contributed by atoms with Gasteiger partial charge in [0, 0.05) is 5.56 Å². The van der Waals surface area contributed by atoms with Crippen LogP contribution in [0, 0.1) is 0 Å². The molecule has 1 aromatic carbocycles. The van der Waals surface area contributed by atoms with E-state index < -0.39 is 5.69 Å². The monoisotopic (exact) mass is 354 g/mol. The number of ether oxygens (including phenoxy) is 2. The Balaban J connectivity index is 2.47. The Labute approximate surface area is 129 Å². The van der Waals surface area contributed by atoms with E-state index in [1.165, 1.54) is 14.2 Å². The van der Waals surface area contributed by atoms with Gasteiger partial charge in [0.1, 0.15) is 5.69 Å². The zero-order chi connectivity index (χ0) is 15.6. The van der Waals surface area contributed by atoms with Gasteiger partial charge in [-0.2, -0.15) is 0 Å². The topological polar surface area (TPSA) is 84.2 Å². The summed E-state index contributed by atoms with van der Waals surface area (Å²) in [4.78, 5) is 29.0. The number of benzene rings is 1. The molecular formula is C14H15BrN2O4. The molecule has 1 atom stereocenters. The summed E-state index contributed by atoms with van der Waals surface area (Å²) < 4.78 is 10.3. The normalized spacial score (nSPS) is 12.0. The predicted molar refractivity (Wildman–Crippen MR) is 81.7 cm³/mol. The van der Waals surface area contributed by atoms with Crippen molar-refractivity contribution in [2.45, 2.75) is 11.8 Å². The number of H-pyrrole nitrogens is 2. The summed E-state index contributed by atoms with van der Waals surface area (Å²) in [7, 11) is 3.02. The van der Waals surface area contributed by atoms with E-state index in [4.69, 9.17) is 9.47 Å². The smallest absolute Gasteiger partial charge is 0.323 e. The average Bonchev–Trinajstić information content (AvgIpc) is 2.88. The molecule has 0 aliphatic heterocycles. The number of hydrogen-bond donors (Lipinski definition) is 2. The lowest BCUT2D eigenvalue weighted by atomic mass is 10.1. The van der Waals surface area contributed by atoms with Crippen molar-refractivity contribution in [3.05, 3.63) is 45.6 Å². The van der Waals surface area contributed by atoms with Crippen molar-refractivity contribution >= 4 is 21.7 Å². The van der Waals surface area contributed by atoms with E-state index in [1.807, 2.05) is 6.92 Å². The lowest BCUT2D eigenvalue weighted by Gasteiger charge is -2.09. The largest absolute Gasteiger partial charge is 0.493 e. The van der Waals surface area contributed by atoms with Crippen LogP contribution in [0.5, 0.6) is 11.5 Å². The summed E-state index contributed by atoms with van der Waals surface area (Å²) >= 11 is 3.35. The summed E-state index contributed by atoms with van der Waals surface area (Å²) in [6.07, 6.45) is 0. The van der Waals surface area contributed by atoms with Crippen LogP contribution < -0.4 is 15.2 Å². The van der Waals surface area contributed by atoms with Crippen molar-refractivity contribution in [2.24, 2.45) is 0 Å². The molecule has 0 radical (unpaired) electrons. The summed E-state index contributed by atoms with van der Waals surface area (Å²) in [5.41, 5.74) is 0.730. The maximum absolute atomic E-state index is 12.5. The zero-order valence-electron chi connectivity index (χ0n) is 11.8. The highest BCUT2D eigenvalue weighted by molar-refractivity contribution is 9.09. The van der Waals surface area contributed by atoms with Crippen molar-refractivity contribution < 1.29 is 14.3 Å². The fraction of sp³-hybridized carbons (Fsp3) is 0.286. The molecule has 2 aromatic rings. The molecule has 0 amide bonds. The zero-order valence-corrected chi connectivity index (χ0v) is 13.4. The molecule has 2 N–H and O–H groups in total. The Hall–Kier alpha value is -2.02. The third kappa shape index (κ3) is 3.02. The fourth-order valence-corrected chi connectivity index (χ4v) is 2.34. The van der Waals surface area contributed by atoms with Gasteiger partial charge in [-0.1, -0.05) is 15.9 Å². The molecule has 0 spiro atoms. The highest BCUT2D eigenvalue weighted by Crippen LogP contribution is 2.29. The van der Waals surface area contributed by atoms with Crippen LogP contribution in [0.4, 0.5) is 0 Å². The van der Waals surface area contributed by atoms with Crippen molar-refractivity contribution in [2.75, 3.05) is 14.2 Å². The minimum atomic E-state index is -0.417. The molecule has 1 unspecified atom stereocenters. The minimum Gasteiger partial charge on any atom is -0.493 e. The van der Waals surface area contributed by atoms with Gasteiger partial charge in [-0.25, -0.2) is 4.79 Å². The number of carbonyl (C=O) groups excluding carboxylic acids is 1. The molecule has 0 fully saturated rings. The number of nitrogens with one attached hydrogen (secondary N) is 2. The number of methoxy groups -OCH3 is 2. The lowest BCUT2D eigenvalue weighted by molar-refractivity contribution is 0.103. The molecule has 112 valence electrons. The highest BCUT2D eigenvalue weighted by Gasteiger charge is 2.21. The van der Waals surface area contributed by atoms with Gasteiger partial charge < -0.3 is 19.4 Å². The number of aromatic nitrogens is 2. The molecule has 0 aliphatic rings. The van der Waals surface area contributed by atoms with Gasteiger partial charge in [-0.05, 0) is 25.1 Å². The van der Waals surface area contributed by atoms with E-state index in [0.717, 1.165) is 0 Å². The van der Waals surface area contributed by atoms with Crippen molar-refractivity contribution in [3.8, 4) is 11.5 Å². The minimum absolute atomic E-state index is 0.157. The molecule has 0 bridgehead atoms. The first-order valence-electron chi connectivity index (χ1n) is 6.21. The van der Waals surface area contributed by atoms with Gasteiger partial charge in [0.15, 0.2) is 11.5 Å². The van der Waals surface area contributed by atoms with Crippen molar-refractivity contribution in [1.29, 1.82) is 0 Å². The summed E-state index contributed by atoms with van der Waals surface area (Å²) in [5.74, 6) is 0.691. The number of ketones is 1. The Bertz CT molecular complexity index is 718. The SMILES string of the molecule is COc1ccc(C(=O)c2[nH]c(=O)[nH]c2C(C)Br)cc1OC. The Kier molecular flexibility index (Phi) is 4.52. The second-order valence-corrected chi connectivity index (χ2v) is 5.76. The Morgan fingerprint density at radius 3 is 2.43 bits per heavy atom. The van der Waals surface area contributed by atoms with Crippen molar-refractivity contribution in [1.82, 2.24) is 9.97 Å². The molecule has 0 saturated heterocycles. The van der Waals surface area contributed by atoms with Crippen molar-refractivity contribution in [3.63, 3.8) is 0 Å². The number of hydrogen-bond acceptors (Lipinski definition) is 4. The van der Waals surface area contributed by atoms with Crippen LogP contribution in [-0.4, -0.2) is 30.0 Å². The summed E-state index contributed by atoms with van der Waals surface area (Å²) in [5, 5.41) is 0. The molecule has 21 heavy (non-hydrogen) atoms. The Morgan fingerprint density at radius 1 is 1.19 bits per heavy atom. The first-order valence-corrected chi connectivity index (χ1v) is 7.12. The number of aromatic amines is 2. The fourth-order valence-electron chi connectivity index (χ4n) is 2.00. The second kappa shape index (κ2) is 6.17. The van der Waals surface area contributed by atoms with E-state index in [1.54, 1.807) is 18.2 Å². The summed E-state index contributed by atoms with van der Waals surface area (Å²) in [6.45, 7) is 1.82. The van der Waals surface area contributed by atoms with Gasteiger partial charge in [0.05, 0.1) is 24.7 Å². The molecule has 7 heteroatoms. The van der Waals surface area contributed by atoms with Gasteiger partial charge in [-0.15, -0.1) is 0 Å². The summed E-state index contributed by atoms with van der Waals surface area (Å²) in [6, 6.07) is 4.85. The molecule has 2 rings (SSSR count). The van der Waals surface area contributed by atoms with E-state index in [-0.39, 0.29) is 16.3 Å². The molecule has 1 aromatic heterocycles. The maximum atomic E-state index is 12.5. The number of imidazole rings is 1. The van der Waals surface area contributed by atoms with Crippen LogP contribution in [0.25, 0.3) is 0 Å². The van der Waals surface area contributed by atoms with Gasteiger partial charge in [0.2, 0.25) is 5.78 Å². The van der Waals surface area contributed by atoms with Crippen LogP contribution in [0.2, 0.25) is 0 Å². The standard InChI is InChI=1S/C14H15BrN2O4/c1-7(15)11-12(17-14(19)16-11)13(18)8-4-5-9(20-2)10(6-8)21-3/h4-7H,1-3H3,(H2,16,17,19). The van der Waals surface area contributed by atoms with E-state index >= 15 is 0 Å². The lowest BCUT2D eigenvalue weighted by Crippen LogP contribution is -2.07. The van der Waals surface area contributed by atoms with Gasteiger partial charge >= 0.3 is 5.69 Å². The van der Waals surface area contributed by atoms with Crippen LogP contribution in [-0.2, 0) is 0 Å². The van der Waals surface area contributed by atoms with Gasteiger partial charge in [0.25, 0.3) is 0 Å². The first kappa shape index (κ1) is 15.4. The molecule has 1 heterocycles. The number of halogens is 1. The van der Waals surface area contributed by atoms with Crippen LogP contribution in [0.1, 0.15) is 33.5 Å². The third-order valence-electron chi connectivity index (χ3n) is 3.03. The average molecular weight is 355 g/mol. The molecule has 0 aliphatic carbocycles. The van der Waals surface area contributed by atoms with Crippen LogP contribution in [0.3, 0.4) is 0 Å². The van der Waals surface area contributed by atoms with Gasteiger partial charge in [-0.3, -0.25) is 4.79 Å². The van der Waals surface area contributed by atoms with Crippen LogP contribution in [0.15, 0.2) is 23.0 Å². The molecule has 0 saturated carbocycles. The second-order valence-electron chi connectivity index (χ2n) is 4.38. The van der Waals surface area contributed by atoms with E-state index in [9.17, 15) is 9.59 Å². The Morgan fingerprint density at radius 2 is 1.86 bits per heavy atom. The predicted octanol–water partition coefficient (Wildman–Crippen LogP) is 2.41. The molecular weight excluding hydrogens is 340 g/mol. The third-order valence-corrected chi connectivity index (χ3v) is 3.48. The van der Waals surface area contributed by atoms with Crippen LogP contribution >= 0.6 is 15.9 Å². The first-order chi connectivity index (χ1) is 9.97. The maximum Gasteiger partial charge on any atom is 0.323 e. The number of alkyl halides is 1. The number of carbonyl (C=O) groups is 1. The molecule has 6 nitrogen and oxygen atoms in total. The highest BCUT2D eigenvalue weighted by atomic mass is 79.9. The quantitative estimate of drug-likeness (QED) is 0.637. The van der Waals surface area contributed by atoms with E-state index in [2.05, 4.69) is 25.9 Å². The van der Waals surface area contributed by atoms with E-state index in [0.29, 0.717) is 22.8 Å².